The number of nitrogens with two attached hydrogens (primary N) is 2. The predicted octanol–water partition coefficient (Wildman–Crippen LogP) is 6.48. The fraction of sp³-hybridized carbons (Fsp3) is 0.214. The topological polar surface area (TPSA) is 136 Å². The van der Waals surface area contributed by atoms with Crippen LogP contribution in [0.15, 0.2) is 30.5 Å². The van der Waals surface area contributed by atoms with Gasteiger partial charge in [0.15, 0.2) is 11.6 Å². The van der Waals surface area contributed by atoms with Gasteiger partial charge in [-0.2, -0.15) is 15.2 Å². The standard InChI is InChI=1S/C28H20ClF4N7O2S/c1-10(11-4-3-7-37-25(11)35)40-15(24(32)33)9-42-22-18-21(38-28(41-2)39-27(18)40)20(31)17(19(22)29)12-5-6-14(30)23-16(12)13(8-34)26(36)43-23/h3-7,10,15,24H,9,36H2,1-2H3,(H2,35,37). The monoisotopic (exact) mass is 629 g/mol. The van der Waals surface area contributed by atoms with E-state index in [-0.39, 0.29) is 71.1 Å². The maximum atomic E-state index is 16.7. The van der Waals surface area contributed by atoms with Crippen LogP contribution in [0.2, 0.25) is 5.02 Å². The summed E-state index contributed by atoms with van der Waals surface area (Å²) in [6.07, 6.45) is -1.50. The first-order chi connectivity index (χ1) is 20.6. The Bertz CT molecular complexity index is 1980. The van der Waals surface area contributed by atoms with E-state index in [0.717, 1.165) is 17.4 Å². The van der Waals surface area contributed by atoms with Gasteiger partial charge in [0.2, 0.25) is 0 Å². The smallest absolute Gasteiger partial charge is 0.318 e. The van der Waals surface area contributed by atoms with Crippen molar-refractivity contribution >= 4 is 60.6 Å². The van der Waals surface area contributed by atoms with Gasteiger partial charge in [-0.1, -0.05) is 23.7 Å². The summed E-state index contributed by atoms with van der Waals surface area (Å²) in [6, 6.07) is 4.74. The summed E-state index contributed by atoms with van der Waals surface area (Å²) in [6.45, 7) is 1.04. The quantitative estimate of drug-likeness (QED) is 0.209. The number of nitrogens with zero attached hydrogens (tertiary/aromatic N) is 5. The average Bonchev–Trinajstić information content (AvgIpc) is 3.23. The van der Waals surface area contributed by atoms with Crippen molar-refractivity contribution in [3.63, 3.8) is 0 Å². The highest BCUT2D eigenvalue weighted by Crippen LogP contribution is 2.52. The predicted molar refractivity (Wildman–Crippen MR) is 156 cm³/mol. The molecule has 5 aromatic rings. The number of halogens is 5. The molecule has 4 heterocycles. The lowest BCUT2D eigenvalue weighted by Crippen LogP contribution is -2.46. The number of hydrogen-bond donors (Lipinski definition) is 2. The summed E-state index contributed by atoms with van der Waals surface area (Å²) in [7, 11) is 1.24. The lowest BCUT2D eigenvalue weighted by atomic mass is 9.96. The van der Waals surface area contributed by atoms with Crippen molar-refractivity contribution in [1.82, 2.24) is 15.0 Å². The van der Waals surface area contributed by atoms with Crippen LogP contribution in [-0.2, 0) is 0 Å². The van der Waals surface area contributed by atoms with E-state index >= 15 is 4.39 Å². The second kappa shape index (κ2) is 10.6. The number of aromatic nitrogens is 3. The van der Waals surface area contributed by atoms with Gasteiger partial charge in [-0.05, 0) is 24.6 Å². The van der Waals surface area contributed by atoms with Crippen molar-refractivity contribution in [1.29, 1.82) is 5.26 Å². The summed E-state index contributed by atoms with van der Waals surface area (Å²) in [5.74, 6) is -1.88. The Kier molecular flexibility index (Phi) is 7.02. The van der Waals surface area contributed by atoms with Crippen LogP contribution in [0, 0.1) is 23.0 Å². The molecule has 2 aromatic carbocycles. The SMILES string of the molecule is COc1nc2c3c(c(Cl)c(-c4ccc(F)c5sc(N)c(C#N)c45)c(F)c3n1)OCC(C(F)F)N2C(C)c1cccnc1N. The molecule has 43 heavy (non-hydrogen) atoms. The van der Waals surface area contributed by atoms with Gasteiger partial charge in [0, 0.05) is 22.7 Å². The van der Waals surface area contributed by atoms with Gasteiger partial charge >= 0.3 is 6.01 Å². The molecule has 9 nitrogen and oxygen atoms in total. The minimum Gasteiger partial charge on any atom is -0.489 e. The zero-order valence-electron chi connectivity index (χ0n) is 22.3. The molecule has 0 spiro atoms. The molecular formula is C28H20ClF4N7O2S. The number of alkyl halides is 2. The largest absolute Gasteiger partial charge is 0.489 e. The molecule has 0 bridgehead atoms. The normalized spacial score (nSPS) is 15.4. The number of ether oxygens (including phenoxy) is 2. The number of anilines is 3. The molecule has 1 aliphatic rings. The van der Waals surface area contributed by atoms with Crippen LogP contribution in [0.1, 0.15) is 24.1 Å². The third-order valence-electron chi connectivity index (χ3n) is 7.35. The van der Waals surface area contributed by atoms with E-state index < -0.39 is 36.8 Å². The fourth-order valence-corrected chi connectivity index (χ4v) is 6.68. The first-order valence-electron chi connectivity index (χ1n) is 12.7. The molecule has 0 aliphatic carbocycles. The van der Waals surface area contributed by atoms with Gasteiger partial charge in [-0.15, -0.1) is 11.3 Å². The van der Waals surface area contributed by atoms with Crippen LogP contribution in [0.3, 0.4) is 0 Å². The molecule has 15 heteroatoms. The maximum Gasteiger partial charge on any atom is 0.318 e. The molecule has 0 radical (unpaired) electrons. The van der Waals surface area contributed by atoms with E-state index in [0.29, 0.717) is 5.56 Å². The first-order valence-corrected chi connectivity index (χ1v) is 13.9. The summed E-state index contributed by atoms with van der Waals surface area (Å²) in [5.41, 5.74) is 11.8. The number of nitriles is 1. The average molecular weight is 630 g/mol. The minimum atomic E-state index is -2.96. The van der Waals surface area contributed by atoms with Gasteiger partial charge in [-0.25, -0.2) is 22.5 Å². The zero-order chi connectivity index (χ0) is 30.7. The Morgan fingerprint density at radius 3 is 2.65 bits per heavy atom. The van der Waals surface area contributed by atoms with Crippen molar-refractivity contribution in [3.8, 4) is 29.0 Å². The third kappa shape index (κ3) is 4.30. The Balaban J connectivity index is 1.72. The van der Waals surface area contributed by atoms with Crippen molar-refractivity contribution < 1.29 is 27.0 Å². The van der Waals surface area contributed by atoms with E-state index in [1.807, 2.05) is 6.07 Å². The van der Waals surface area contributed by atoms with Crippen molar-refractivity contribution in [2.45, 2.75) is 25.4 Å². The molecule has 0 fully saturated rings. The van der Waals surface area contributed by atoms with E-state index in [2.05, 4.69) is 15.0 Å². The van der Waals surface area contributed by atoms with Gasteiger partial charge < -0.3 is 25.8 Å². The molecule has 0 saturated heterocycles. The lowest BCUT2D eigenvalue weighted by Gasteiger charge is -2.36. The van der Waals surface area contributed by atoms with Crippen LogP contribution in [0.25, 0.3) is 32.1 Å². The molecule has 0 saturated carbocycles. The van der Waals surface area contributed by atoms with Crippen molar-refractivity contribution in [2.75, 3.05) is 30.1 Å². The van der Waals surface area contributed by atoms with E-state index in [4.69, 9.17) is 32.5 Å². The first kappa shape index (κ1) is 28.5. The number of pyridine rings is 1. The Morgan fingerprint density at radius 2 is 1.98 bits per heavy atom. The van der Waals surface area contributed by atoms with Crippen molar-refractivity contribution in [3.05, 3.63) is 58.2 Å². The highest BCUT2D eigenvalue weighted by atomic mass is 35.5. The number of methoxy groups -OCH3 is 1. The molecule has 3 aromatic heterocycles. The van der Waals surface area contributed by atoms with Crippen molar-refractivity contribution in [2.24, 2.45) is 0 Å². The summed E-state index contributed by atoms with van der Waals surface area (Å²) < 4.78 is 72.1. The Labute approximate surface area is 250 Å². The maximum absolute atomic E-state index is 16.7. The minimum absolute atomic E-state index is 0.0154. The Hall–Kier alpha value is -4.61. The number of rotatable bonds is 5. The van der Waals surface area contributed by atoms with Crippen LogP contribution in [0.4, 0.5) is 34.2 Å². The zero-order valence-corrected chi connectivity index (χ0v) is 23.9. The van der Waals surface area contributed by atoms with Crippen LogP contribution >= 0.6 is 22.9 Å². The molecular weight excluding hydrogens is 610 g/mol. The lowest BCUT2D eigenvalue weighted by molar-refractivity contribution is 0.0832. The van der Waals surface area contributed by atoms with Gasteiger partial charge in [-0.3, -0.25) is 0 Å². The highest BCUT2D eigenvalue weighted by Gasteiger charge is 2.40. The highest BCUT2D eigenvalue weighted by molar-refractivity contribution is 7.23. The van der Waals surface area contributed by atoms with Crippen LogP contribution < -0.4 is 25.8 Å². The number of hydrogen-bond acceptors (Lipinski definition) is 10. The Morgan fingerprint density at radius 1 is 1.21 bits per heavy atom. The molecule has 0 amide bonds. The number of benzene rings is 2. The second-order valence-electron chi connectivity index (χ2n) is 9.62. The molecule has 4 N–H and O–H groups in total. The van der Waals surface area contributed by atoms with E-state index in [1.165, 1.54) is 24.3 Å². The van der Waals surface area contributed by atoms with Crippen LogP contribution in [0.5, 0.6) is 11.8 Å². The number of nitrogen functional groups attached to an aromatic ring is 2. The number of fused-ring (bicyclic) bond motifs is 1. The summed E-state index contributed by atoms with van der Waals surface area (Å²) in [4.78, 5) is 13.9. The fourth-order valence-electron chi connectivity index (χ4n) is 5.40. The summed E-state index contributed by atoms with van der Waals surface area (Å²) >= 11 is 7.65. The van der Waals surface area contributed by atoms with E-state index in [1.54, 1.807) is 19.1 Å². The molecule has 2 atom stereocenters. The van der Waals surface area contributed by atoms with Crippen LogP contribution in [-0.4, -0.2) is 41.1 Å². The van der Waals surface area contributed by atoms with Gasteiger partial charge in [0.25, 0.3) is 6.43 Å². The second-order valence-corrected chi connectivity index (χ2v) is 11.0. The number of thiophene rings is 1. The molecule has 1 aliphatic heterocycles. The van der Waals surface area contributed by atoms with E-state index in [9.17, 15) is 18.4 Å². The molecule has 6 rings (SSSR count). The molecule has 220 valence electrons. The third-order valence-corrected chi connectivity index (χ3v) is 8.74. The van der Waals surface area contributed by atoms with Gasteiger partial charge in [0.1, 0.15) is 46.7 Å². The van der Waals surface area contributed by atoms with Gasteiger partial charge in [0.05, 0.1) is 33.8 Å². The molecule has 2 unspecified atom stereocenters. The summed E-state index contributed by atoms with van der Waals surface area (Å²) in [5, 5.41) is 9.45.